The summed E-state index contributed by atoms with van der Waals surface area (Å²) in [6.07, 6.45) is 1.24. The number of hydrogen-bond donors (Lipinski definition) is 0. The monoisotopic (exact) mass is 193 g/mol. The van der Waals surface area contributed by atoms with Crippen molar-refractivity contribution < 1.29 is 13.6 Å². The molecule has 0 unspecified atom stereocenters. The minimum Gasteiger partial charge on any atom is -0.267 e. The summed E-state index contributed by atoms with van der Waals surface area (Å²) in [4.78, 5) is 14.5. The van der Waals surface area contributed by atoms with Crippen LogP contribution in [0.4, 0.5) is 8.78 Å². The fraction of sp³-hybridized carbons (Fsp3) is 0. The van der Waals surface area contributed by atoms with Crippen LogP contribution in [0.15, 0.2) is 23.7 Å². The number of benzene rings is 1. The topological polar surface area (TPSA) is 29.4 Å². The van der Waals surface area contributed by atoms with Crippen molar-refractivity contribution in [3.8, 4) is 0 Å². The molecule has 0 bridgehead atoms. The fourth-order valence-electron chi connectivity index (χ4n) is 1.30. The predicted octanol–water partition coefficient (Wildman–Crippen LogP) is 2.20. The van der Waals surface area contributed by atoms with Gasteiger partial charge in [-0.25, -0.2) is 13.8 Å². The number of nitrogens with zero attached hydrogens (tertiary/aromatic N) is 1. The maximum Gasteiger partial charge on any atom is 0.280 e. The third-order valence-corrected chi connectivity index (χ3v) is 1.99. The lowest BCUT2D eigenvalue weighted by molar-refractivity contribution is 0.0997. The molecule has 1 aromatic carbocycles. The van der Waals surface area contributed by atoms with Gasteiger partial charge < -0.3 is 0 Å². The van der Waals surface area contributed by atoms with E-state index in [1.807, 2.05) is 0 Å². The molecule has 0 fully saturated rings. The Labute approximate surface area is 78.6 Å². The first-order chi connectivity index (χ1) is 6.61. The molecular formula is C10H5F2NO. The quantitative estimate of drug-likeness (QED) is 0.621. The summed E-state index contributed by atoms with van der Waals surface area (Å²) in [6, 6.07) is 2.28. The first-order valence-corrected chi connectivity index (χ1v) is 3.87. The average molecular weight is 193 g/mol. The molecule has 0 N–H and O–H groups in total. The van der Waals surface area contributed by atoms with E-state index in [-0.39, 0.29) is 5.56 Å². The second kappa shape index (κ2) is 2.83. The molecule has 70 valence electrons. The third kappa shape index (κ3) is 1.08. The van der Waals surface area contributed by atoms with Gasteiger partial charge in [-0.1, -0.05) is 12.6 Å². The normalized spacial score (nSPS) is 14.4. The molecule has 0 saturated heterocycles. The van der Waals surface area contributed by atoms with E-state index in [2.05, 4.69) is 11.6 Å². The molecular weight excluding hydrogens is 188 g/mol. The third-order valence-electron chi connectivity index (χ3n) is 1.99. The maximum atomic E-state index is 13.2. The van der Waals surface area contributed by atoms with E-state index in [1.165, 1.54) is 12.3 Å². The molecule has 0 saturated carbocycles. The van der Waals surface area contributed by atoms with Crippen LogP contribution in [0, 0.1) is 11.6 Å². The fourth-order valence-corrected chi connectivity index (χ4v) is 1.30. The van der Waals surface area contributed by atoms with Crippen LogP contribution >= 0.6 is 0 Å². The van der Waals surface area contributed by atoms with Crippen LogP contribution in [0.2, 0.25) is 0 Å². The van der Waals surface area contributed by atoms with Gasteiger partial charge in [0, 0.05) is 6.21 Å². The minimum absolute atomic E-state index is 0.295. The largest absolute Gasteiger partial charge is 0.280 e. The van der Waals surface area contributed by atoms with Gasteiger partial charge >= 0.3 is 0 Å². The van der Waals surface area contributed by atoms with Gasteiger partial charge in [0.15, 0.2) is 11.6 Å². The average Bonchev–Trinajstić information content (AvgIpc) is 2.16. The summed E-state index contributed by atoms with van der Waals surface area (Å²) >= 11 is 0. The Hall–Kier alpha value is -1.84. The van der Waals surface area contributed by atoms with Gasteiger partial charge in [-0.05, 0) is 17.2 Å². The molecule has 0 radical (unpaired) electrons. The lowest BCUT2D eigenvalue weighted by Crippen LogP contribution is -2.11. The van der Waals surface area contributed by atoms with E-state index >= 15 is 0 Å². The smallest absolute Gasteiger partial charge is 0.267 e. The van der Waals surface area contributed by atoms with E-state index in [1.54, 1.807) is 0 Å². The number of allylic oxidation sites excluding steroid dienone is 1. The highest BCUT2D eigenvalue weighted by Gasteiger charge is 2.23. The van der Waals surface area contributed by atoms with Crippen LogP contribution in [0.5, 0.6) is 0 Å². The number of halogens is 2. The summed E-state index contributed by atoms with van der Waals surface area (Å²) < 4.78 is 26.0. The van der Waals surface area contributed by atoms with E-state index in [0.717, 1.165) is 6.07 Å². The van der Waals surface area contributed by atoms with E-state index in [0.29, 0.717) is 11.1 Å². The minimum atomic E-state index is -1.16. The summed E-state index contributed by atoms with van der Waals surface area (Å²) in [5, 5.41) is 0. The number of fused-ring (bicyclic) bond motifs is 1. The first-order valence-electron chi connectivity index (χ1n) is 3.87. The number of rotatable bonds is 0. The zero-order valence-electron chi connectivity index (χ0n) is 7.05. The Morgan fingerprint density at radius 3 is 2.71 bits per heavy atom. The van der Waals surface area contributed by atoms with Crippen LogP contribution in [0.1, 0.15) is 15.9 Å². The number of carbonyl (C=O) groups excluding carboxylic acids is 1. The maximum absolute atomic E-state index is 13.2. The van der Waals surface area contributed by atoms with E-state index in [9.17, 15) is 13.6 Å². The number of amides is 1. The van der Waals surface area contributed by atoms with Crippen molar-refractivity contribution in [2.24, 2.45) is 4.99 Å². The van der Waals surface area contributed by atoms with Gasteiger partial charge in [-0.2, -0.15) is 0 Å². The van der Waals surface area contributed by atoms with Gasteiger partial charge in [0.1, 0.15) is 0 Å². The summed E-state index contributed by atoms with van der Waals surface area (Å²) in [5.74, 6) is -2.99. The molecule has 1 amide bonds. The van der Waals surface area contributed by atoms with Crippen LogP contribution < -0.4 is 0 Å². The Morgan fingerprint density at radius 2 is 2.00 bits per heavy atom. The Bertz CT molecular complexity index is 477. The molecule has 0 spiro atoms. The van der Waals surface area contributed by atoms with Crippen molar-refractivity contribution in [3.05, 3.63) is 41.5 Å². The molecule has 14 heavy (non-hydrogen) atoms. The second-order valence-corrected chi connectivity index (χ2v) is 2.87. The Balaban J connectivity index is 2.79. The Kier molecular flexibility index (Phi) is 1.77. The lowest BCUT2D eigenvalue weighted by Gasteiger charge is -2.11. The first kappa shape index (κ1) is 8.74. The van der Waals surface area contributed by atoms with Crippen molar-refractivity contribution in [3.63, 3.8) is 0 Å². The summed E-state index contributed by atoms with van der Waals surface area (Å²) in [5.41, 5.74) is 0.361. The standard InChI is InChI=1S/C10H5F2NO/c1-5-4-13-10(14)8-6(5)2-3-7(11)9(8)12/h2-4H,1H2. The van der Waals surface area contributed by atoms with Crippen LogP contribution in [-0.4, -0.2) is 12.1 Å². The van der Waals surface area contributed by atoms with E-state index in [4.69, 9.17) is 0 Å². The van der Waals surface area contributed by atoms with Crippen molar-refractivity contribution >= 4 is 17.7 Å². The molecule has 0 aromatic heterocycles. The highest BCUT2D eigenvalue weighted by Crippen LogP contribution is 2.25. The number of carbonyl (C=O) groups is 1. The molecule has 1 aromatic rings. The van der Waals surface area contributed by atoms with E-state index < -0.39 is 17.5 Å². The zero-order chi connectivity index (χ0) is 10.3. The number of aliphatic imine (C=N–C) groups is 1. The molecule has 1 aliphatic heterocycles. The SMILES string of the molecule is C=C1C=NC(=O)c2c1ccc(F)c2F. The highest BCUT2D eigenvalue weighted by molar-refractivity contribution is 6.21. The molecule has 2 nitrogen and oxygen atoms in total. The molecule has 1 heterocycles. The number of hydrogen-bond acceptors (Lipinski definition) is 1. The Morgan fingerprint density at radius 1 is 1.29 bits per heavy atom. The van der Waals surface area contributed by atoms with Crippen LogP contribution in [0.3, 0.4) is 0 Å². The van der Waals surface area contributed by atoms with Crippen molar-refractivity contribution in [2.75, 3.05) is 0 Å². The molecule has 1 aliphatic rings. The van der Waals surface area contributed by atoms with Gasteiger partial charge in [-0.15, -0.1) is 0 Å². The van der Waals surface area contributed by atoms with Crippen LogP contribution in [-0.2, 0) is 0 Å². The summed E-state index contributed by atoms with van der Waals surface area (Å²) in [6.45, 7) is 3.57. The van der Waals surface area contributed by atoms with Gasteiger partial charge in [0.25, 0.3) is 5.91 Å². The van der Waals surface area contributed by atoms with Crippen molar-refractivity contribution in [2.45, 2.75) is 0 Å². The van der Waals surface area contributed by atoms with Crippen molar-refractivity contribution in [1.82, 2.24) is 0 Å². The van der Waals surface area contributed by atoms with Crippen LogP contribution in [0.25, 0.3) is 5.57 Å². The predicted molar refractivity (Wildman–Crippen MR) is 48.2 cm³/mol. The highest BCUT2D eigenvalue weighted by atomic mass is 19.2. The molecule has 4 heteroatoms. The van der Waals surface area contributed by atoms with Gasteiger partial charge in [0.05, 0.1) is 5.56 Å². The molecule has 0 aliphatic carbocycles. The van der Waals surface area contributed by atoms with Gasteiger partial charge in [0.2, 0.25) is 0 Å². The van der Waals surface area contributed by atoms with Crippen molar-refractivity contribution in [1.29, 1.82) is 0 Å². The zero-order valence-corrected chi connectivity index (χ0v) is 7.05. The van der Waals surface area contributed by atoms with Gasteiger partial charge in [-0.3, -0.25) is 4.79 Å². The second-order valence-electron chi connectivity index (χ2n) is 2.87. The summed E-state index contributed by atoms with van der Waals surface area (Å²) in [7, 11) is 0. The molecule has 0 atom stereocenters. The lowest BCUT2D eigenvalue weighted by atomic mass is 9.98. The molecule has 2 rings (SSSR count).